The lowest BCUT2D eigenvalue weighted by atomic mass is 9.73. The molecule has 0 radical (unpaired) electrons. The average Bonchev–Trinajstić information content (AvgIpc) is 2.94. The second kappa shape index (κ2) is 17.2. The second-order valence-electron chi connectivity index (χ2n) is 16.3. The maximum atomic E-state index is 9.62. The maximum Gasteiger partial charge on any atom is 0.232 e. The van der Waals surface area contributed by atoms with Gasteiger partial charge >= 0.3 is 0 Å². The van der Waals surface area contributed by atoms with Crippen molar-refractivity contribution in [2.24, 2.45) is 11.8 Å². The van der Waals surface area contributed by atoms with Crippen molar-refractivity contribution >= 4 is 17.8 Å². The van der Waals surface area contributed by atoms with Gasteiger partial charge in [0.15, 0.2) is 0 Å². The SMILES string of the molecule is CON1C(C)(C)CC(CCCCNc2nc(NCCCCC3CC(C)(C)N(OC)C(C)(C)C3)nc(N(CCO)CCO)n2)CC1(C)C. The molecule has 47 heavy (non-hydrogen) atoms. The molecule has 1 aromatic heterocycles. The van der Waals surface area contributed by atoms with Crippen LogP contribution in [0, 0.1) is 11.8 Å². The Morgan fingerprint density at radius 3 is 1.32 bits per heavy atom. The molecule has 2 aliphatic heterocycles. The second-order valence-corrected chi connectivity index (χ2v) is 16.3. The Kier molecular flexibility index (Phi) is 14.5. The Morgan fingerprint density at radius 2 is 1.00 bits per heavy atom. The molecule has 1 aromatic rings. The van der Waals surface area contributed by atoms with E-state index < -0.39 is 0 Å². The number of nitrogens with one attached hydrogen (secondary N) is 2. The Labute approximate surface area is 285 Å². The number of piperidine rings is 2. The molecule has 0 atom stereocenters. The van der Waals surface area contributed by atoms with Gasteiger partial charge in [0.05, 0.1) is 27.4 Å². The van der Waals surface area contributed by atoms with Gasteiger partial charge in [0, 0.05) is 48.3 Å². The monoisotopic (exact) mass is 665 g/mol. The predicted octanol–water partition coefficient (Wildman–Crippen LogP) is 5.49. The first-order valence-electron chi connectivity index (χ1n) is 18.0. The van der Waals surface area contributed by atoms with Gasteiger partial charge in [-0.15, -0.1) is 0 Å². The zero-order chi connectivity index (χ0) is 34.9. The molecule has 0 bridgehead atoms. The molecule has 4 N–H and O–H groups in total. The van der Waals surface area contributed by atoms with E-state index in [0.717, 1.165) is 64.5 Å². The van der Waals surface area contributed by atoms with E-state index >= 15 is 0 Å². The summed E-state index contributed by atoms with van der Waals surface area (Å²) in [6.07, 6.45) is 11.1. The lowest BCUT2D eigenvalue weighted by Gasteiger charge is -2.53. The van der Waals surface area contributed by atoms with E-state index in [1.165, 1.54) is 12.8 Å². The highest BCUT2D eigenvalue weighted by Crippen LogP contribution is 2.44. The number of anilines is 3. The van der Waals surface area contributed by atoms with Crippen LogP contribution in [0.1, 0.15) is 120 Å². The lowest BCUT2D eigenvalue weighted by molar-refractivity contribution is -0.272. The van der Waals surface area contributed by atoms with Crippen LogP contribution in [0.3, 0.4) is 0 Å². The highest BCUT2D eigenvalue weighted by Gasteiger charge is 2.46. The Hall–Kier alpha value is -1.83. The van der Waals surface area contributed by atoms with Crippen LogP contribution < -0.4 is 15.5 Å². The zero-order valence-electron chi connectivity index (χ0n) is 31.4. The molecule has 272 valence electrons. The van der Waals surface area contributed by atoms with Crippen molar-refractivity contribution in [2.75, 3.05) is 69.1 Å². The Morgan fingerprint density at radius 1 is 0.638 bits per heavy atom. The van der Waals surface area contributed by atoms with Gasteiger partial charge in [0.25, 0.3) is 0 Å². The molecule has 0 spiro atoms. The molecular formula is C35H68N8O4. The molecule has 12 heteroatoms. The number of hydroxylamine groups is 4. The minimum atomic E-state index is -0.0506. The summed E-state index contributed by atoms with van der Waals surface area (Å²) in [4.78, 5) is 27.3. The molecule has 2 saturated heterocycles. The van der Waals surface area contributed by atoms with E-state index in [-0.39, 0.29) is 35.4 Å². The highest BCUT2D eigenvalue weighted by atomic mass is 16.7. The third kappa shape index (κ3) is 11.1. The van der Waals surface area contributed by atoms with Gasteiger partial charge in [-0.3, -0.25) is 0 Å². The van der Waals surface area contributed by atoms with Gasteiger partial charge in [0.2, 0.25) is 17.8 Å². The molecule has 2 fully saturated rings. The minimum absolute atomic E-state index is 0.00878. The third-order valence-corrected chi connectivity index (χ3v) is 10.0. The summed E-state index contributed by atoms with van der Waals surface area (Å²) in [6, 6.07) is 0. The summed E-state index contributed by atoms with van der Waals surface area (Å²) in [5.41, 5.74) is 0.0351. The van der Waals surface area contributed by atoms with Crippen LogP contribution in [0.25, 0.3) is 0 Å². The molecule has 12 nitrogen and oxygen atoms in total. The fourth-order valence-electron chi connectivity index (χ4n) is 9.07. The van der Waals surface area contributed by atoms with Crippen molar-refractivity contribution in [3.63, 3.8) is 0 Å². The number of unbranched alkanes of at least 4 members (excludes halogenated alkanes) is 2. The summed E-state index contributed by atoms with van der Waals surface area (Å²) in [5, 5.41) is 30.4. The summed E-state index contributed by atoms with van der Waals surface area (Å²) in [7, 11) is 3.57. The molecule has 0 saturated carbocycles. The first-order chi connectivity index (χ1) is 22.1. The summed E-state index contributed by atoms with van der Waals surface area (Å²) in [5.74, 6) is 2.81. The highest BCUT2D eigenvalue weighted by molar-refractivity contribution is 5.43. The summed E-state index contributed by atoms with van der Waals surface area (Å²) < 4.78 is 0. The average molecular weight is 665 g/mol. The van der Waals surface area contributed by atoms with Gasteiger partial charge in [-0.2, -0.15) is 25.1 Å². The number of aromatic nitrogens is 3. The summed E-state index contributed by atoms with van der Waals surface area (Å²) in [6.45, 7) is 20.3. The number of aliphatic hydroxyl groups excluding tert-OH is 2. The van der Waals surface area contributed by atoms with Gasteiger partial charge in [0.1, 0.15) is 0 Å². The van der Waals surface area contributed by atoms with Crippen LogP contribution in [0.2, 0.25) is 0 Å². The predicted molar refractivity (Wildman–Crippen MR) is 190 cm³/mol. The Bertz CT molecular complexity index is 971. The quantitative estimate of drug-likeness (QED) is 0.140. The van der Waals surface area contributed by atoms with E-state index in [2.05, 4.69) is 91.1 Å². The molecular weight excluding hydrogens is 596 g/mol. The molecule has 3 heterocycles. The van der Waals surface area contributed by atoms with Crippen molar-refractivity contribution in [1.29, 1.82) is 0 Å². The first kappa shape index (κ1) is 39.6. The first-order valence-corrected chi connectivity index (χ1v) is 18.0. The lowest BCUT2D eigenvalue weighted by Crippen LogP contribution is -2.59. The number of rotatable bonds is 19. The van der Waals surface area contributed by atoms with Crippen LogP contribution >= 0.6 is 0 Å². The number of aliphatic hydroxyl groups is 2. The van der Waals surface area contributed by atoms with E-state index in [1.807, 2.05) is 0 Å². The standard InChI is InChI=1S/C35H68N8O4/c1-32(2)23-27(24-33(3,4)42(32)46-9)15-11-13-17-36-29-38-30(40-31(39-29)41(19-21-44)20-22-45)37-18-14-12-16-28-25-34(5,6)43(47-10)35(7,8)26-28/h27-28,44-45H,11-26H2,1-10H3,(H2,36,37,38,39,40). The van der Waals surface area contributed by atoms with Gasteiger partial charge < -0.3 is 35.4 Å². The summed E-state index contributed by atoms with van der Waals surface area (Å²) >= 11 is 0. The smallest absolute Gasteiger partial charge is 0.232 e. The molecule has 2 aliphatic rings. The molecule has 0 amide bonds. The van der Waals surface area contributed by atoms with Crippen molar-refractivity contribution in [3.05, 3.63) is 0 Å². The minimum Gasteiger partial charge on any atom is -0.395 e. The number of hydrogen-bond acceptors (Lipinski definition) is 12. The van der Waals surface area contributed by atoms with Crippen LogP contribution in [0.5, 0.6) is 0 Å². The van der Waals surface area contributed by atoms with Crippen molar-refractivity contribution in [1.82, 2.24) is 25.1 Å². The van der Waals surface area contributed by atoms with Gasteiger partial charge in [-0.05, 0) is 106 Å². The van der Waals surface area contributed by atoms with Crippen LogP contribution in [0.15, 0.2) is 0 Å². The molecule has 0 aromatic carbocycles. The largest absolute Gasteiger partial charge is 0.395 e. The molecule has 0 unspecified atom stereocenters. The zero-order valence-corrected chi connectivity index (χ0v) is 31.4. The molecule has 3 rings (SSSR count). The normalized spacial score (nSPS) is 21.5. The van der Waals surface area contributed by atoms with Crippen molar-refractivity contribution < 1.29 is 19.9 Å². The van der Waals surface area contributed by atoms with Crippen molar-refractivity contribution in [2.45, 2.75) is 142 Å². The number of hydrogen-bond donors (Lipinski definition) is 4. The van der Waals surface area contributed by atoms with Crippen LogP contribution in [0.4, 0.5) is 17.8 Å². The van der Waals surface area contributed by atoms with Crippen molar-refractivity contribution in [3.8, 4) is 0 Å². The van der Waals surface area contributed by atoms with E-state index in [9.17, 15) is 10.2 Å². The van der Waals surface area contributed by atoms with Gasteiger partial charge in [-0.25, -0.2) is 0 Å². The number of nitrogens with zero attached hydrogens (tertiary/aromatic N) is 6. The fraction of sp³-hybridized carbons (Fsp3) is 0.914. The Balaban J connectivity index is 1.53. The van der Waals surface area contributed by atoms with Crippen LogP contribution in [-0.2, 0) is 9.68 Å². The maximum absolute atomic E-state index is 9.62. The molecule has 0 aliphatic carbocycles. The third-order valence-electron chi connectivity index (χ3n) is 10.0. The fourth-order valence-corrected chi connectivity index (χ4v) is 9.07. The van der Waals surface area contributed by atoms with E-state index in [0.29, 0.717) is 42.8 Å². The van der Waals surface area contributed by atoms with E-state index in [1.54, 1.807) is 19.1 Å². The van der Waals surface area contributed by atoms with Gasteiger partial charge in [-0.1, -0.05) is 25.7 Å². The van der Waals surface area contributed by atoms with Crippen LogP contribution in [-0.4, -0.2) is 111 Å². The van der Waals surface area contributed by atoms with E-state index in [4.69, 9.17) is 9.68 Å². The topological polar surface area (TPSA) is 131 Å².